The minimum atomic E-state index is 0.444. The van der Waals surface area contributed by atoms with Gasteiger partial charge in [0, 0.05) is 6.04 Å². The summed E-state index contributed by atoms with van der Waals surface area (Å²) in [5, 5.41) is 3.55. The Bertz CT molecular complexity index is 581. The van der Waals surface area contributed by atoms with Crippen LogP contribution in [0, 0.1) is 12.8 Å². The molecule has 1 aromatic carbocycles. The van der Waals surface area contributed by atoms with Gasteiger partial charge in [-0.1, -0.05) is 18.6 Å². The van der Waals surface area contributed by atoms with Gasteiger partial charge in [-0.05, 0) is 44.4 Å². The molecule has 1 saturated carbocycles. The highest BCUT2D eigenvalue weighted by molar-refractivity contribution is 5.76. The first-order valence-corrected chi connectivity index (χ1v) is 6.98. The molecule has 0 amide bonds. The predicted molar refractivity (Wildman–Crippen MR) is 78.1 cm³/mol. The zero-order valence-electron chi connectivity index (χ0n) is 11.3. The monoisotopic (exact) mass is 256 g/mol. The van der Waals surface area contributed by atoms with E-state index in [1.807, 2.05) is 31.2 Å². The van der Waals surface area contributed by atoms with Gasteiger partial charge in [0.15, 0.2) is 0 Å². The smallest absolute Gasteiger partial charge is 0.148 e. The van der Waals surface area contributed by atoms with Crippen LogP contribution in [-0.4, -0.2) is 22.6 Å². The highest BCUT2D eigenvalue weighted by Crippen LogP contribution is 2.28. The number of fused-ring (bicyclic) bond motifs is 1. The summed E-state index contributed by atoms with van der Waals surface area (Å²) in [5.74, 6) is 1.47. The van der Waals surface area contributed by atoms with E-state index in [0.717, 1.165) is 29.1 Å². The Hall–Kier alpha value is -1.68. The summed E-state index contributed by atoms with van der Waals surface area (Å²) < 4.78 is 0. The summed E-state index contributed by atoms with van der Waals surface area (Å²) in [7, 11) is 0. The van der Waals surface area contributed by atoms with E-state index in [1.165, 1.54) is 19.3 Å². The van der Waals surface area contributed by atoms with Crippen LogP contribution in [0.25, 0.3) is 11.0 Å². The fraction of sp³-hybridized carbons (Fsp3) is 0.467. The molecule has 0 bridgehead atoms. The van der Waals surface area contributed by atoms with Gasteiger partial charge < -0.3 is 11.1 Å². The van der Waals surface area contributed by atoms with Gasteiger partial charge in [0.2, 0.25) is 0 Å². The quantitative estimate of drug-likeness (QED) is 0.885. The number of nitrogens with one attached hydrogen (secondary N) is 1. The van der Waals surface area contributed by atoms with Crippen molar-refractivity contribution < 1.29 is 0 Å². The molecule has 1 aliphatic rings. The molecule has 0 spiro atoms. The number of hydrogen-bond donors (Lipinski definition) is 2. The number of aromatic nitrogens is 2. The maximum Gasteiger partial charge on any atom is 0.148 e. The van der Waals surface area contributed by atoms with Gasteiger partial charge >= 0.3 is 0 Å². The Morgan fingerprint density at radius 3 is 2.68 bits per heavy atom. The van der Waals surface area contributed by atoms with Crippen LogP contribution >= 0.6 is 0 Å². The number of benzene rings is 1. The molecule has 3 rings (SSSR count). The lowest BCUT2D eigenvalue weighted by Gasteiger charge is -2.21. The molecule has 1 aromatic heterocycles. The van der Waals surface area contributed by atoms with Crippen molar-refractivity contribution in [1.29, 1.82) is 0 Å². The lowest BCUT2D eigenvalue weighted by Crippen LogP contribution is -2.30. The molecule has 2 aromatic rings. The minimum absolute atomic E-state index is 0.444. The molecular formula is C15H20N4. The van der Waals surface area contributed by atoms with Gasteiger partial charge in [0.05, 0.1) is 16.7 Å². The summed E-state index contributed by atoms with van der Waals surface area (Å²) in [6.45, 7) is 2.76. The van der Waals surface area contributed by atoms with Gasteiger partial charge in [-0.2, -0.15) is 0 Å². The van der Waals surface area contributed by atoms with Crippen molar-refractivity contribution in [2.24, 2.45) is 11.7 Å². The maximum atomic E-state index is 5.83. The van der Waals surface area contributed by atoms with Crippen LogP contribution in [0.15, 0.2) is 24.3 Å². The highest BCUT2D eigenvalue weighted by Gasteiger charge is 2.26. The first-order valence-electron chi connectivity index (χ1n) is 6.98. The molecule has 100 valence electrons. The molecule has 1 aliphatic carbocycles. The summed E-state index contributed by atoms with van der Waals surface area (Å²) in [5.41, 5.74) is 8.68. The Kier molecular flexibility index (Phi) is 3.34. The van der Waals surface area contributed by atoms with Gasteiger partial charge in [0.1, 0.15) is 5.82 Å². The fourth-order valence-corrected chi connectivity index (χ4v) is 2.91. The molecule has 2 atom stereocenters. The summed E-state index contributed by atoms with van der Waals surface area (Å²) in [6, 6.07) is 8.43. The lowest BCUT2D eigenvalue weighted by molar-refractivity contribution is 0.515. The zero-order chi connectivity index (χ0) is 13.2. The van der Waals surface area contributed by atoms with E-state index in [9.17, 15) is 0 Å². The van der Waals surface area contributed by atoms with E-state index in [-0.39, 0.29) is 0 Å². The third-order valence-corrected chi connectivity index (χ3v) is 4.03. The number of para-hydroxylation sites is 2. The van der Waals surface area contributed by atoms with E-state index in [1.54, 1.807) is 0 Å². The topological polar surface area (TPSA) is 63.8 Å². The molecule has 3 N–H and O–H groups in total. The van der Waals surface area contributed by atoms with Crippen molar-refractivity contribution in [3.05, 3.63) is 30.0 Å². The van der Waals surface area contributed by atoms with Crippen molar-refractivity contribution in [3.63, 3.8) is 0 Å². The molecule has 2 unspecified atom stereocenters. The predicted octanol–water partition coefficient (Wildman–Crippen LogP) is 2.48. The summed E-state index contributed by atoms with van der Waals surface area (Å²) >= 11 is 0. The van der Waals surface area contributed by atoms with Gasteiger partial charge in [0.25, 0.3) is 0 Å². The Morgan fingerprint density at radius 1 is 1.21 bits per heavy atom. The third kappa shape index (κ3) is 2.40. The average molecular weight is 256 g/mol. The second kappa shape index (κ2) is 5.13. The molecule has 4 nitrogen and oxygen atoms in total. The number of rotatable bonds is 3. The van der Waals surface area contributed by atoms with Crippen molar-refractivity contribution in [1.82, 2.24) is 9.97 Å². The largest absolute Gasteiger partial charge is 0.365 e. The Labute approximate surface area is 113 Å². The molecular weight excluding hydrogens is 236 g/mol. The van der Waals surface area contributed by atoms with Crippen molar-refractivity contribution in [3.8, 4) is 0 Å². The van der Waals surface area contributed by atoms with Crippen molar-refractivity contribution in [2.75, 3.05) is 11.9 Å². The molecule has 0 radical (unpaired) electrons. The summed E-state index contributed by atoms with van der Waals surface area (Å²) in [4.78, 5) is 9.30. The Balaban J connectivity index is 1.90. The normalized spacial score (nSPS) is 22.8. The van der Waals surface area contributed by atoms with Gasteiger partial charge in [-0.3, -0.25) is 0 Å². The summed E-state index contributed by atoms with van der Waals surface area (Å²) in [6.07, 6.45) is 3.64. The molecule has 1 fully saturated rings. The first-order chi connectivity index (χ1) is 9.28. The number of nitrogens with zero attached hydrogens (tertiary/aromatic N) is 2. The van der Waals surface area contributed by atoms with Gasteiger partial charge in [-0.15, -0.1) is 0 Å². The van der Waals surface area contributed by atoms with E-state index >= 15 is 0 Å². The van der Waals surface area contributed by atoms with Crippen LogP contribution in [0.1, 0.15) is 25.0 Å². The zero-order valence-corrected chi connectivity index (χ0v) is 11.3. The van der Waals surface area contributed by atoms with E-state index < -0.39 is 0 Å². The van der Waals surface area contributed by atoms with Crippen LogP contribution < -0.4 is 11.1 Å². The number of aryl methyl sites for hydroxylation is 1. The number of anilines is 1. The first kappa shape index (κ1) is 12.4. The molecule has 19 heavy (non-hydrogen) atoms. The van der Waals surface area contributed by atoms with Crippen LogP contribution in [0.3, 0.4) is 0 Å². The van der Waals surface area contributed by atoms with Crippen LogP contribution in [0.5, 0.6) is 0 Å². The molecule has 0 saturated heterocycles. The number of hydrogen-bond acceptors (Lipinski definition) is 4. The molecule has 1 heterocycles. The van der Waals surface area contributed by atoms with Crippen LogP contribution in [0.2, 0.25) is 0 Å². The average Bonchev–Trinajstić information content (AvgIpc) is 2.87. The van der Waals surface area contributed by atoms with Crippen molar-refractivity contribution >= 4 is 16.9 Å². The highest BCUT2D eigenvalue weighted by atomic mass is 15.1. The fourth-order valence-electron chi connectivity index (χ4n) is 2.91. The Morgan fingerprint density at radius 2 is 1.95 bits per heavy atom. The third-order valence-electron chi connectivity index (χ3n) is 4.03. The maximum absolute atomic E-state index is 5.83. The van der Waals surface area contributed by atoms with Crippen molar-refractivity contribution in [2.45, 2.75) is 32.2 Å². The SMILES string of the molecule is Cc1nc2ccccc2nc1NC1CCCC1CN. The standard InChI is InChI=1S/C15H20N4/c1-10-15(18-12-8-4-5-11(12)9-16)19-14-7-3-2-6-13(14)17-10/h2-3,6-7,11-12H,4-5,8-9,16H2,1H3,(H,18,19). The number of nitrogens with two attached hydrogens (primary N) is 1. The van der Waals surface area contributed by atoms with Crippen LogP contribution in [0.4, 0.5) is 5.82 Å². The lowest BCUT2D eigenvalue weighted by atomic mass is 10.0. The second-order valence-corrected chi connectivity index (χ2v) is 5.32. The van der Waals surface area contributed by atoms with Gasteiger partial charge in [-0.25, -0.2) is 9.97 Å². The van der Waals surface area contributed by atoms with E-state index in [0.29, 0.717) is 12.0 Å². The van der Waals surface area contributed by atoms with E-state index in [4.69, 9.17) is 10.7 Å². The van der Waals surface area contributed by atoms with Crippen LogP contribution in [-0.2, 0) is 0 Å². The molecule has 0 aliphatic heterocycles. The van der Waals surface area contributed by atoms with E-state index in [2.05, 4.69) is 10.3 Å². The molecule has 4 heteroatoms. The second-order valence-electron chi connectivity index (χ2n) is 5.32. The minimum Gasteiger partial charge on any atom is -0.365 e.